The van der Waals surface area contributed by atoms with Crippen LogP contribution in [0, 0.1) is 12.8 Å². The number of carbonyl (C=O) groups excluding carboxylic acids is 1. The van der Waals surface area contributed by atoms with Crippen LogP contribution < -0.4 is 5.32 Å². The maximum Gasteiger partial charge on any atom is 0.417 e. The lowest BCUT2D eigenvalue weighted by Crippen LogP contribution is -2.34. The molecule has 1 aliphatic rings. The first-order chi connectivity index (χ1) is 10.8. The molecule has 1 atom stereocenters. The van der Waals surface area contributed by atoms with Crippen molar-refractivity contribution >= 4 is 5.91 Å². The number of rotatable bonds is 3. The van der Waals surface area contributed by atoms with Gasteiger partial charge in [0.25, 0.3) is 5.91 Å². The van der Waals surface area contributed by atoms with E-state index >= 15 is 0 Å². The number of aromatic nitrogens is 1. The van der Waals surface area contributed by atoms with E-state index in [1.54, 1.807) is 0 Å². The summed E-state index contributed by atoms with van der Waals surface area (Å²) >= 11 is 0. The normalized spacial score (nSPS) is 20.1. The standard InChI is InChI=1S/C16H22F3N3O/c1-11-14(7-13(9-20-11)16(17,18)19)15(23)21-8-12-5-3-4-6-22(2)10-12/h7,9,12H,3-6,8,10H2,1-2H3,(H,21,23). The predicted molar refractivity (Wildman–Crippen MR) is 81.1 cm³/mol. The first-order valence-corrected chi connectivity index (χ1v) is 7.78. The average Bonchev–Trinajstić information content (AvgIpc) is 2.68. The van der Waals surface area contributed by atoms with Gasteiger partial charge in [-0.1, -0.05) is 6.42 Å². The van der Waals surface area contributed by atoms with Crippen LogP contribution in [0.1, 0.15) is 40.9 Å². The van der Waals surface area contributed by atoms with Gasteiger partial charge in [0.2, 0.25) is 0 Å². The molecule has 1 amide bonds. The number of hydrogen-bond acceptors (Lipinski definition) is 3. The molecule has 2 rings (SSSR count). The Morgan fingerprint density at radius 2 is 2.17 bits per heavy atom. The summed E-state index contributed by atoms with van der Waals surface area (Å²) < 4.78 is 38.3. The Bertz CT molecular complexity index is 560. The molecule has 1 fully saturated rings. The fourth-order valence-electron chi connectivity index (χ4n) is 2.85. The van der Waals surface area contributed by atoms with E-state index in [4.69, 9.17) is 0 Å². The van der Waals surface area contributed by atoms with Crippen LogP contribution >= 0.6 is 0 Å². The number of carbonyl (C=O) groups is 1. The maximum absolute atomic E-state index is 12.8. The van der Waals surface area contributed by atoms with Crippen molar-refractivity contribution in [3.05, 3.63) is 29.1 Å². The van der Waals surface area contributed by atoms with Gasteiger partial charge in [0, 0.05) is 25.0 Å². The van der Waals surface area contributed by atoms with Gasteiger partial charge in [-0.05, 0) is 45.3 Å². The van der Waals surface area contributed by atoms with Crippen molar-refractivity contribution in [3.8, 4) is 0 Å². The molecule has 0 aromatic carbocycles. The van der Waals surface area contributed by atoms with E-state index in [1.807, 2.05) is 7.05 Å². The van der Waals surface area contributed by atoms with Gasteiger partial charge >= 0.3 is 6.18 Å². The molecule has 1 aromatic heterocycles. The first-order valence-electron chi connectivity index (χ1n) is 7.78. The minimum absolute atomic E-state index is 0.0122. The van der Waals surface area contributed by atoms with Crippen LogP contribution in [0.3, 0.4) is 0 Å². The molecular formula is C16H22F3N3O. The summed E-state index contributed by atoms with van der Waals surface area (Å²) in [6, 6.07) is 0.872. The van der Waals surface area contributed by atoms with Crippen molar-refractivity contribution in [1.29, 1.82) is 0 Å². The smallest absolute Gasteiger partial charge is 0.352 e. The van der Waals surface area contributed by atoms with E-state index in [9.17, 15) is 18.0 Å². The van der Waals surface area contributed by atoms with Gasteiger partial charge in [0.1, 0.15) is 0 Å². The highest BCUT2D eigenvalue weighted by atomic mass is 19.4. The molecule has 0 spiro atoms. The number of nitrogens with zero attached hydrogens (tertiary/aromatic N) is 2. The summed E-state index contributed by atoms with van der Waals surface area (Å²) in [5.41, 5.74) is -0.613. The maximum atomic E-state index is 12.8. The van der Waals surface area contributed by atoms with Gasteiger partial charge in [0.05, 0.1) is 11.1 Å². The minimum atomic E-state index is -4.50. The second-order valence-electron chi connectivity index (χ2n) is 6.19. The van der Waals surface area contributed by atoms with Crippen LogP contribution in [-0.2, 0) is 6.18 Å². The number of amides is 1. The highest BCUT2D eigenvalue weighted by Gasteiger charge is 2.32. The molecule has 7 heteroatoms. The zero-order chi connectivity index (χ0) is 17.0. The van der Waals surface area contributed by atoms with Crippen molar-refractivity contribution in [2.75, 3.05) is 26.7 Å². The van der Waals surface area contributed by atoms with Gasteiger partial charge in [0.15, 0.2) is 0 Å². The van der Waals surface area contributed by atoms with E-state index in [1.165, 1.54) is 6.92 Å². The SMILES string of the molecule is Cc1ncc(C(F)(F)F)cc1C(=O)NCC1CCCCN(C)C1. The molecular weight excluding hydrogens is 307 g/mol. The van der Waals surface area contributed by atoms with Gasteiger partial charge < -0.3 is 10.2 Å². The number of likely N-dealkylation sites (tertiary alicyclic amines) is 1. The lowest BCUT2D eigenvalue weighted by molar-refractivity contribution is -0.137. The number of hydrogen-bond donors (Lipinski definition) is 1. The number of nitrogens with one attached hydrogen (secondary N) is 1. The molecule has 0 saturated carbocycles. The van der Waals surface area contributed by atoms with Crippen molar-refractivity contribution in [3.63, 3.8) is 0 Å². The van der Waals surface area contributed by atoms with E-state index in [0.717, 1.165) is 44.6 Å². The molecule has 0 radical (unpaired) electrons. The van der Waals surface area contributed by atoms with Crippen LogP contribution in [0.15, 0.2) is 12.3 Å². The number of aryl methyl sites for hydroxylation is 1. The topological polar surface area (TPSA) is 45.2 Å². The fraction of sp³-hybridized carbons (Fsp3) is 0.625. The third kappa shape index (κ3) is 4.92. The van der Waals surface area contributed by atoms with Crippen LogP contribution in [0.2, 0.25) is 0 Å². The molecule has 23 heavy (non-hydrogen) atoms. The van der Waals surface area contributed by atoms with Gasteiger partial charge in [-0.3, -0.25) is 9.78 Å². The summed E-state index contributed by atoms with van der Waals surface area (Å²) in [4.78, 5) is 18.1. The minimum Gasteiger partial charge on any atom is -0.352 e. The zero-order valence-corrected chi connectivity index (χ0v) is 13.4. The molecule has 1 N–H and O–H groups in total. The summed E-state index contributed by atoms with van der Waals surface area (Å²) in [5.74, 6) is -0.168. The number of halogens is 3. The van der Waals surface area contributed by atoms with Crippen LogP contribution in [0.4, 0.5) is 13.2 Å². The zero-order valence-electron chi connectivity index (χ0n) is 13.4. The lowest BCUT2D eigenvalue weighted by atomic mass is 10.0. The Hall–Kier alpha value is -1.63. The molecule has 4 nitrogen and oxygen atoms in total. The Morgan fingerprint density at radius 1 is 1.43 bits per heavy atom. The molecule has 1 aromatic rings. The molecule has 1 saturated heterocycles. The monoisotopic (exact) mass is 329 g/mol. The molecule has 0 aliphatic carbocycles. The second-order valence-corrected chi connectivity index (χ2v) is 6.19. The number of pyridine rings is 1. The van der Waals surface area contributed by atoms with E-state index in [2.05, 4.69) is 15.2 Å². The highest BCUT2D eigenvalue weighted by Crippen LogP contribution is 2.29. The quantitative estimate of drug-likeness (QED) is 0.927. The second kappa shape index (κ2) is 7.29. The van der Waals surface area contributed by atoms with Crippen molar-refractivity contribution < 1.29 is 18.0 Å². The third-order valence-electron chi connectivity index (χ3n) is 4.18. The van der Waals surface area contributed by atoms with Crippen LogP contribution in [0.25, 0.3) is 0 Å². The van der Waals surface area contributed by atoms with E-state index < -0.39 is 17.6 Å². The van der Waals surface area contributed by atoms with E-state index in [0.29, 0.717) is 18.2 Å². The Labute approximate surface area is 134 Å². The van der Waals surface area contributed by atoms with Gasteiger partial charge in [-0.15, -0.1) is 0 Å². The molecule has 128 valence electrons. The molecule has 1 aliphatic heterocycles. The van der Waals surface area contributed by atoms with Gasteiger partial charge in [-0.2, -0.15) is 13.2 Å². The lowest BCUT2D eigenvalue weighted by Gasteiger charge is -2.20. The summed E-state index contributed by atoms with van der Waals surface area (Å²) in [5, 5.41) is 2.76. The predicted octanol–water partition coefficient (Wildman–Crippen LogP) is 2.87. The molecule has 1 unspecified atom stereocenters. The van der Waals surface area contributed by atoms with Crippen molar-refractivity contribution in [2.24, 2.45) is 5.92 Å². The van der Waals surface area contributed by atoms with Crippen LogP contribution in [-0.4, -0.2) is 42.5 Å². The largest absolute Gasteiger partial charge is 0.417 e. The highest BCUT2D eigenvalue weighted by molar-refractivity contribution is 5.95. The van der Waals surface area contributed by atoms with E-state index in [-0.39, 0.29) is 5.56 Å². The third-order valence-corrected chi connectivity index (χ3v) is 4.18. The van der Waals surface area contributed by atoms with Crippen LogP contribution in [0.5, 0.6) is 0 Å². The fourth-order valence-corrected chi connectivity index (χ4v) is 2.85. The number of alkyl halides is 3. The summed E-state index contributed by atoms with van der Waals surface area (Å²) in [6.45, 7) is 3.94. The first kappa shape index (κ1) is 17.7. The molecule has 0 bridgehead atoms. The summed E-state index contributed by atoms with van der Waals surface area (Å²) in [6.07, 6.45) is -0.483. The average molecular weight is 329 g/mol. The Kier molecular flexibility index (Phi) is 5.62. The van der Waals surface area contributed by atoms with Crippen molar-refractivity contribution in [2.45, 2.75) is 32.4 Å². The van der Waals surface area contributed by atoms with Gasteiger partial charge in [-0.25, -0.2) is 0 Å². The van der Waals surface area contributed by atoms with Crippen molar-refractivity contribution in [1.82, 2.24) is 15.2 Å². The molecule has 2 heterocycles. The Morgan fingerprint density at radius 3 is 2.87 bits per heavy atom. The summed E-state index contributed by atoms with van der Waals surface area (Å²) in [7, 11) is 2.04. The Balaban J connectivity index is 2.03.